The lowest BCUT2D eigenvalue weighted by Gasteiger charge is -2.34. The van der Waals surface area contributed by atoms with Crippen LogP contribution in [0.25, 0.3) is 11.0 Å². The number of nitrogens with zero attached hydrogens (tertiary/aromatic N) is 4. The van der Waals surface area contributed by atoms with Crippen LogP contribution < -0.4 is 5.73 Å². The number of aromatic amines is 1. The number of H-pyrrole nitrogens is 1. The van der Waals surface area contributed by atoms with Gasteiger partial charge in [0.1, 0.15) is 5.82 Å². The predicted molar refractivity (Wildman–Crippen MR) is 117 cm³/mol. The maximum absolute atomic E-state index is 5.72. The highest BCUT2D eigenvalue weighted by Crippen LogP contribution is 2.34. The molecule has 3 N–H and O–H groups in total. The topological polar surface area (TPSA) is 83.7 Å². The fourth-order valence-electron chi connectivity index (χ4n) is 4.39. The predicted octanol–water partition coefficient (Wildman–Crippen LogP) is 3.89. The standard InChI is InChI=1S/C24H26N6/c25-13-19-11-10-17(14-27-19)15-30(16-23-28-20-7-1-2-8-21(20)29-23)22-9-3-5-18-6-4-12-26-24(18)22/h1-2,4,6-8,10-12,14,22H,3,5,9,13,15-16,25H2,(H,28,29). The van der Waals surface area contributed by atoms with Crippen LogP contribution in [-0.4, -0.2) is 24.8 Å². The molecule has 1 unspecified atom stereocenters. The molecule has 0 spiro atoms. The molecule has 0 saturated carbocycles. The van der Waals surface area contributed by atoms with Crippen molar-refractivity contribution in [2.75, 3.05) is 0 Å². The van der Waals surface area contributed by atoms with Gasteiger partial charge in [-0.15, -0.1) is 0 Å². The van der Waals surface area contributed by atoms with E-state index in [-0.39, 0.29) is 6.04 Å². The number of nitrogens with two attached hydrogens (primary N) is 1. The van der Waals surface area contributed by atoms with Crippen molar-refractivity contribution < 1.29 is 0 Å². The summed E-state index contributed by atoms with van der Waals surface area (Å²) in [6.07, 6.45) is 7.22. The van der Waals surface area contributed by atoms with Crippen LogP contribution in [0.15, 0.2) is 60.9 Å². The molecule has 6 nitrogen and oxygen atoms in total. The van der Waals surface area contributed by atoms with Gasteiger partial charge in [-0.2, -0.15) is 0 Å². The molecule has 6 heteroatoms. The Morgan fingerprint density at radius 2 is 1.97 bits per heavy atom. The minimum atomic E-state index is 0.261. The van der Waals surface area contributed by atoms with Gasteiger partial charge in [-0.05, 0) is 54.7 Å². The molecular weight excluding hydrogens is 372 g/mol. The normalized spacial score (nSPS) is 16.1. The number of aromatic nitrogens is 4. The van der Waals surface area contributed by atoms with Gasteiger partial charge < -0.3 is 10.7 Å². The first-order chi connectivity index (χ1) is 14.8. The number of rotatable bonds is 6. The zero-order valence-electron chi connectivity index (χ0n) is 17.0. The monoisotopic (exact) mass is 398 g/mol. The van der Waals surface area contributed by atoms with Gasteiger partial charge >= 0.3 is 0 Å². The first-order valence-corrected chi connectivity index (χ1v) is 10.6. The maximum atomic E-state index is 5.72. The fraction of sp³-hybridized carbons (Fsp3) is 0.292. The lowest BCUT2D eigenvalue weighted by molar-refractivity contribution is 0.153. The third kappa shape index (κ3) is 3.84. The van der Waals surface area contributed by atoms with E-state index in [1.54, 1.807) is 0 Å². The summed E-state index contributed by atoms with van der Waals surface area (Å²) in [7, 11) is 0. The van der Waals surface area contributed by atoms with Crippen molar-refractivity contribution in [3.63, 3.8) is 0 Å². The number of nitrogens with one attached hydrogen (secondary N) is 1. The van der Waals surface area contributed by atoms with Crippen LogP contribution in [0.2, 0.25) is 0 Å². The van der Waals surface area contributed by atoms with Crippen molar-refractivity contribution in [2.45, 2.75) is 44.9 Å². The first kappa shape index (κ1) is 18.9. The van der Waals surface area contributed by atoms with E-state index in [2.05, 4.69) is 33.1 Å². The third-order valence-electron chi connectivity index (χ3n) is 5.88. The Balaban J connectivity index is 1.48. The highest BCUT2D eigenvalue weighted by atomic mass is 15.2. The average Bonchev–Trinajstić information content (AvgIpc) is 3.21. The summed E-state index contributed by atoms with van der Waals surface area (Å²) < 4.78 is 0. The lowest BCUT2D eigenvalue weighted by atomic mass is 9.90. The molecule has 0 saturated heterocycles. The van der Waals surface area contributed by atoms with Gasteiger partial charge in [0.25, 0.3) is 0 Å². The largest absolute Gasteiger partial charge is 0.341 e. The Labute approximate surface area is 176 Å². The molecule has 152 valence electrons. The van der Waals surface area contributed by atoms with E-state index in [4.69, 9.17) is 15.7 Å². The van der Waals surface area contributed by atoms with Crippen molar-refractivity contribution in [3.8, 4) is 0 Å². The number of hydrogen-bond acceptors (Lipinski definition) is 5. The first-order valence-electron chi connectivity index (χ1n) is 10.6. The minimum absolute atomic E-state index is 0.261. The summed E-state index contributed by atoms with van der Waals surface area (Å²) >= 11 is 0. The quantitative estimate of drug-likeness (QED) is 0.515. The van der Waals surface area contributed by atoms with Crippen LogP contribution in [-0.2, 0) is 26.1 Å². The zero-order chi connectivity index (χ0) is 20.3. The van der Waals surface area contributed by atoms with Crippen LogP contribution in [0.3, 0.4) is 0 Å². The molecular formula is C24H26N6. The molecule has 1 aromatic carbocycles. The molecule has 30 heavy (non-hydrogen) atoms. The number of hydrogen-bond donors (Lipinski definition) is 2. The Kier molecular flexibility index (Phi) is 5.26. The molecule has 0 aliphatic heterocycles. The Bertz CT molecular complexity index is 1100. The number of benzene rings is 1. The number of para-hydroxylation sites is 2. The van der Waals surface area contributed by atoms with Gasteiger partial charge in [-0.25, -0.2) is 4.98 Å². The van der Waals surface area contributed by atoms with E-state index in [1.807, 2.05) is 42.7 Å². The van der Waals surface area contributed by atoms with Crippen molar-refractivity contribution in [1.29, 1.82) is 0 Å². The summed E-state index contributed by atoms with van der Waals surface area (Å²) in [5.74, 6) is 0.978. The van der Waals surface area contributed by atoms with Crippen LogP contribution in [0.5, 0.6) is 0 Å². The highest BCUT2D eigenvalue weighted by Gasteiger charge is 2.28. The number of aryl methyl sites for hydroxylation is 1. The second-order valence-electron chi connectivity index (χ2n) is 7.92. The Morgan fingerprint density at radius 3 is 2.80 bits per heavy atom. The van der Waals surface area contributed by atoms with E-state index >= 15 is 0 Å². The van der Waals surface area contributed by atoms with E-state index in [0.717, 1.165) is 48.5 Å². The highest BCUT2D eigenvalue weighted by molar-refractivity contribution is 5.74. The maximum Gasteiger partial charge on any atom is 0.121 e. The lowest BCUT2D eigenvalue weighted by Crippen LogP contribution is -2.32. The van der Waals surface area contributed by atoms with Gasteiger partial charge in [0.2, 0.25) is 0 Å². The molecule has 1 atom stereocenters. The van der Waals surface area contributed by atoms with Crippen molar-refractivity contribution in [3.05, 3.63) is 89.3 Å². The Morgan fingerprint density at radius 1 is 1.03 bits per heavy atom. The van der Waals surface area contributed by atoms with E-state index < -0.39 is 0 Å². The summed E-state index contributed by atoms with van der Waals surface area (Å²) in [5.41, 5.74) is 12.4. The van der Waals surface area contributed by atoms with E-state index in [1.165, 1.54) is 23.2 Å². The summed E-state index contributed by atoms with van der Waals surface area (Å²) in [5, 5.41) is 0. The molecule has 0 fully saturated rings. The molecule has 0 amide bonds. The smallest absolute Gasteiger partial charge is 0.121 e. The van der Waals surface area contributed by atoms with E-state index in [9.17, 15) is 0 Å². The molecule has 3 aromatic heterocycles. The van der Waals surface area contributed by atoms with Crippen LogP contribution in [0, 0.1) is 0 Å². The molecule has 3 heterocycles. The van der Waals surface area contributed by atoms with Gasteiger partial charge in [0.05, 0.1) is 35.0 Å². The van der Waals surface area contributed by atoms with Crippen molar-refractivity contribution in [1.82, 2.24) is 24.8 Å². The third-order valence-corrected chi connectivity index (χ3v) is 5.88. The average molecular weight is 399 g/mol. The second kappa shape index (κ2) is 8.34. The van der Waals surface area contributed by atoms with Gasteiger partial charge in [-0.3, -0.25) is 14.9 Å². The summed E-state index contributed by atoms with van der Waals surface area (Å²) in [4.78, 5) is 20.0. The van der Waals surface area contributed by atoms with Crippen LogP contribution in [0.1, 0.15) is 47.2 Å². The fourth-order valence-corrected chi connectivity index (χ4v) is 4.39. The van der Waals surface area contributed by atoms with Crippen molar-refractivity contribution >= 4 is 11.0 Å². The molecule has 5 rings (SSSR count). The van der Waals surface area contributed by atoms with Gasteiger partial charge in [-0.1, -0.05) is 24.3 Å². The van der Waals surface area contributed by atoms with Gasteiger partial charge in [0, 0.05) is 25.5 Å². The number of fused-ring (bicyclic) bond motifs is 2. The van der Waals surface area contributed by atoms with Crippen molar-refractivity contribution in [2.24, 2.45) is 5.73 Å². The molecule has 1 aliphatic rings. The number of imidazole rings is 1. The Hall–Kier alpha value is -3.09. The molecule has 0 radical (unpaired) electrons. The van der Waals surface area contributed by atoms with Crippen LogP contribution >= 0.6 is 0 Å². The summed E-state index contributed by atoms with van der Waals surface area (Å²) in [6.45, 7) is 1.98. The minimum Gasteiger partial charge on any atom is -0.341 e. The number of pyridine rings is 2. The summed E-state index contributed by atoms with van der Waals surface area (Å²) in [6, 6.07) is 16.8. The van der Waals surface area contributed by atoms with E-state index in [0.29, 0.717) is 6.54 Å². The van der Waals surface area contributed by atoms with Gasteiger partial charge in [0.15, 0.2) is 0 Å². The second-order valence-corrected chi connectivity index (χ2v) is 7.92. The SMILES string of the molecule is NCc1ccc(CN(Cc2nc3ccccc3[nH]2)C2CCCc3cccnc32)cn1. The molecule has 4 aromatic rings. The molecule has 0 bridgehead atoms. The molecule has 1 aliphatic carbocycles. The zero-order valence-corrected chi connectivity index (χ0v) is 17.0. The van der Waals surface area contributed by atoms with Crippen LogP contribution in [0.4, 0.5) is 0 Å².